The van der Waals surface area contributed by atoms with Gasteiger partial charge in [-0.15, -0.1) is 0 Å². The number of nitrogens with zero attached hydrogens (tertiary/aromatic N) is 1. The molecule has 16 heavy (non-hydrogen) atoms. The zero-order valence-electron chi connectivity index (χ0n) is 9.10. The van der Waals surface area contributed by atoms with Gasteiger partial charge < -0.3 is 9.84 Å². The molecule has 0 saturated carbocycles. The summed E-state index contributed by atoms with van der Waals surface area (Å²) in [5, 5.41) is 18.1. The summed E-state index contributed by atoms with van der Waals surface area (Å²) in [6, 6.07) is 6.63. The van der Waals surface area contributed by atoms with Crippen molar-refractivity contribution in [2.45, 2.75) is 6.92 Å². The van der Waals surface area contributed by atoms with E-state index in [1.165, 1.54) is 12.1 Å². The summed E-state index contributed by atoms with van der Waals surface area (Å²) < 4.78 is 5.15. The zero-order chi connectivity index (χ0) is 12.0. The predicted molar refractivity (Wildman–Crippen MR) is 62.6 cm³/mol. The van der Waals surface area contributed by atoms with E-state index in [4.69, 9.17) is 10.00 Å². The number of aromatic hydroxyl groups is 1. The highest BCUT2D eigenvalue weighted by molar-refractivity contribution is 5.61. The lowest BCUT2D eigenvalue weighted by Crippen LogP contribution is -1.86. The number of ether oxygens (including phenoxy) is 1. The molecule has 0 aliphatic carbocycles. The Morgan fingerprint density at radius 1 is 1.62 bits per heavy atom. The van der Waals surface area contributed by atoms with Gasteiger partial charge >= 0.3 is 0 Å². The van der Waals surface area contributed by atoms with Gasteiger partial charge in [0.2, 0.25) is 0 Å². The average Bonchev–Trinajstić information content (AvgIpc) is 2.27. The number of hydrogen-bond acceptors (Lipinski definition) is 3. The Morgan fingerprint density at radius 2 is 2.38 bits per heavy atom. The summed E-state index contributed by atoms with van der Waals surface area (Å²) in [5.74, 6) is 0.622. The number of rotatable bonds is 4. The lowest BCUT2D eigenvalue weighted by Gasteiger charge is -2.01. The summed E-state index contributed by atoms with van der Waals surface area (Å²) in [7, 11) is 0. The Labute approximate surface area is 94.9 Å². The minimum Gasteiger partial charge on any atom is -0.508 e. The van der Waals surface area contributed by atoms with E-state index in [1.807, 2.05) is 13.0 Å². The predicted octanol–water partition coefficient (Wildman–Crippen LogP) is 2.83. The molecule has 0 bridgehead atoms. The Hall–Kier alpha value is -2.21. The lowest BCUT2D eigenvalue weighted by molar-refractivity contribution is 0.244. The molecule has 0 unspecified atom stereocenters. The van der Waals surface area contributed by atoms with Crippen molar-refractivity contribution in [3.8, 4) is 11.8 Å². The van der Waals surface area contributed by atoms with Crippen LogP contribution in [-0.2, 0) is 4.74 Å². The molecule has 0 atom stereocenters. The van der Waals surface area contributed by atoms with Gasteiger partial charge in [-0.1, -0.05) is 6.58 Å². The van der Waals surface area contributed by atoms with Gasteiger partial charge in [0.25, 0.3) is 0 Å². The largest absolute Gasteiger partial charge is 0.508 e. The Morgan fingerprint density at radius 3 is 3.00 bits per heavy atom. The van der Waals surface area contributed by atoms with Crippen molar-refractivity contribution >= 4 is 6.08 Å². The summed E-state index contributed by atoms with van der Waals surface area (Å²) in [6.45, 7) is 6.13. The molecular formula is C13H13NO2. The molecular weight excluding hydrogens is 202 g/mol. The molecule has 3 nitrogen and oxygen atoms in total. The molecule has 0 fully saturated rings. The fourth-order valence-electron chi connectivity index (χ4n) is 1.20. The SMILES string of the molecule is C=C(/C=C/c1ccc(O)cc1C#N)OCC. The zero-order valence-corrected chi connectivity index (χ0v) is 9.10. The molecule has 1 rings (SSSR count). The van der Waals surface area contributed by atoms with Gasteiger partial charge in [-0.25, -0.2) is 0 Å². The fraction of sp³-hybridized carbons (Fsp3) is 0.154. The first-order valence-corrected chi connectivity index (χ1v) is 4.90. The van der Waals surface area contributed by atoms with Gasteiger partial charge in [0, 0.05) is 0 Å². The summed E-state index contributed by atoms with van der Waals surface area (Å²) >= 11 is 0. The van der Waals surface area contributed by atoms with Crippen molar-refractivity contribution < 1.29 is 9.84 Å². The highest BCUT2D eigenvalue weighted by Gasteiger charge is 1.99. The quantitative estimate of drug-likeness (QED) is 0.620. The van der Waals surface area contributed by atoms with Crippen LogP contribution in [-0.4, -0.2) is 11.7 Å². The van der Waals surface area contributed by atoms with Crippen LogP contribution in [0.1, 0.15) is 18.1 Å². The van der Waals surface area contributed by atoms with Gasteiger partial charge in [-0.3, -0.25) is 0 Å². The van der Waals surface area contributed by atoms with E-state index in [1.54, 1.807) is 18.2 Å². The smallest absolute Gasteiger partial charge is 0.116 e. The van der Waals surface area contributed by atoms with Crippen LogP contribution in [0.3, 0.4) is 0 Å². The summed E-state index contributed by atoms with van der Waals surface area (Å²) in [4.78, 5) is 0. The van der Waals surface area contributed by atoms with Crippen LogP contribution in [0.2, 0.25) is 0 Å². The van der Waals surface area contributed by atoms with E-state index in [9.17, 15) is 5.11 Å². The first-order valence-electron chi connectivity index (χ1n) is 4.90. The number of nitriles is 1. The molecule has 0 radical (unpaired) electrons. The van der Waals surface area contributed by atoms with Crippen molar-refractivity contribution in [2.75, 3.05) is 6.61 Å². The molecule has 82 valence electrons. The van der Waals surface area contributed by atoms with E-state index < -0.39 is 0 Å². The second-order valence-electron chi connectivity index (χ2n) is 3.12. The number of phenols is 1. The van der Waals surface area contributed by atoms with Gasteiger partial charge in [0.05, 0.1) is 18.2 Å². The van der Waals surface area contributed by atoms with Crippen molar-refractivity contribution in [3.63, 3.8) is 0 Å². The van der Waals surface area contributed by atoms with Gasteiger partial charge in [0.15, 0.2) is 0 Å². The maximum Gasteiger partial charge on any atom is 0.116 e. The minimum absolute atomic E-state index is 0.0809. The molecule has 3 heteroatoms. The normalized spacial score (nSPS) is 10.0. The molecule has 0 spiro atoms. The Balaban J connectivity index is 2.89. The second-order valence-corrected chi connectivity index (χ2v) is 3.12. The maximum atomic E-state index is 9.21. The standard InChI is InChI=1S/C13H13NO2/c1-3-16-10(2)4-5-11-6-7-13(15)8-12(11)9-14/h4-8,15H,2-3H2,1H3/b5-4+. The molecule has 0 aromatic heterocycles. The van der Waals surface area contributed by atoms with Crippen LogP contribution >= 0.6 is 0 Å². The third-order valence-electron chi connectivity index (χ3n) is 1.94. The number of hydrogen-bond donors (Lipinski definition) is 1. The monoisotopic (exact) mass is 215 g/mol. The van der Waals surface area contributed by atoms with Crippen molar-refractivity contribution in [3.05, 3.63) is 47.7 Å². The van der Waals surface area contributed by atoms with Crippen LogP contribution in [0, 0.1) is 11.3 Å². The highest BCUT2D eigenvalue weighted by Crippen LogP contribution is 2.17. The fourth-order valence-corrected chi connectivity index (χ4v) is 1.20. The molecule has 1 aromatic rings. The van der Waals surface area contributed by atoms with E-state index in [0.717, 1.165) is 5.56 Å². The number of phenolic OH excluding ortho intramolecular Hbond substituents is 1. The third-order valence-corrected chi connectivity index (χ3v) is 1.94. The van der Waals surface area contributed by atoms with E-state index in [-0.39, 0.29) is 5.75 Å². The number of allylic oxidation sites excluding steroid dienone is 1. The minimum atomic E-state index is 0.0809. The van der Waals surface area contributed by atoms with Crippen LogP contribution in [0.25, 0.3) is 6.08 Å². The third kappa shape index (κ3) is 3.18. The van der Waals surface area contributed by atoms with Crippen LogP contribution in [0.5, 0.6) is 5.75 Å². The molecule has 0 aliphatic rings. The Bertz CT molecular complexity index is 455. The van der Waals surface area contributed by atoms with Crippen LogP contribution < -0.4 is 0 Å². The van der Waals surface area contributed by atoms with Crippen molar-refractivity contribution in [2.24, 2.45) is 0 Å². The summed E-state index contributed by atoms with van der Waals surface area (Å²) in [6.07, 6.45) is 3.42. The molecule has 0 saturated heterocycles. The van der Waals surface area contributed by atoms with Crippen LogP contribution in [0.15, 0.2) is 36.6 Å². The van der Waals surface area contributed by atoms with E-state index >= 15 is 0 Å². The highest BCUT2D eigenvalue weighted by atomic mass is 16.5. The second kappa shape index (κ2) is 5.62. The van der Waals surface area contributed by atoms with Gasteiger partial charge in [-0.2, -0.15) is 5.26 Å². The maximum absolute atomic E-state index is 9.21. The molecule has 0 heterocycles. The first kappa shape index (κ1) is 11.9. The van der Waals surface area contributed by atoms with Crippen molar-refractivity contribution in [1.82, 2.24) is 0 Å². The molecule has 0 aliphatic heterocycles. The van der Waals surface area contributed by atoms with E-state index in [2.05, 4.69) is 6.58 Å². The first-order chi connectivity index (χ1) is 7.67. The summed E-state index contributed by atoms with van der Waals surface area (Å²) in [5.41, 5.74) is 1.14. The molecule has 0 amide bonds. The Kier molecular flexibility index (Phi) is 4.16. The molecule has 1 N–H and O–H groups in total. The molecule has 1 aromatic carbocycles. The van der Waals surface area contributed by atoms with Crippen LogP contribution in [0.4, 0.5) is 0 Å². The van der Waals surface area contributed by atoms with Gasteiger partial charge in [-0.05, 0) is 42.8 Å². The topological polar surface area (TPSA) is 53.2 Å². The van der Waals surface area contributed by atoms with E-state index in [0.29, 0.717) is 17.9 Å². The number of benzene rings is 1. The van der Waals surface area contributed by atoms with Crippen molar-refractivity contribution in [1.29, 1.82) is 5.26 Å². The van der Waals surface area contributed by atoms with Gasteiger partial charge in [0.1, 0.15) is 11.5 Å². The lowest BCUT2D eigenvalue weighted by atomic mass is 10.1. The average molecular weight is 215 g/mol.